The summed E-state index contributed by atoms with van der Waals surface area (Å²) in [4.78, 5) is 35.0. The number of carboxylic acid groups (broad SMARTS) is 1. The molecule has 7 nitrogen and oxygen atoms in total. The van der Waals surface area contributed by atoms with Crippen LogP contribution in [0.1, 0.15) is 26.3 Å². The van der Waals surface area contributed by atoms with Gasteiger partial charge in [0.15, 0.2) is 0 Å². The summed E-state index contributed by atoms with van der Waals surface area (Å²) in [6.07, 6.45) is 0.221. The standard InChI is InChI=1S/C17H13ClN2O5/c1-25-14-7-13(11(18)6-10(14)17(23)24)20-16(22)8-2-3-12-9(4-8)5-15(21)19-12/h2-4,6-7H,5H2,1H3,(H,19,21)(H,20,22)(H,23,24). The van der Waals surface area contributed by atoms with Gasteiger partial charge in [0.25, 0.3) is 5.91 Å². The van der Waals surface area contributed by atoms with Crippen LogP contribution in [-0.2, 0) is 11.2 Å². The summed E-state index contributed by atoms with van der Waals surface area (Å²) in [5, 5.41) is 14.5. The molecule has 0 bridgehead atoms. The van der Waals surface area contributed by atoms with Gasteiger partial charge in [-0.1, -0.05) is 11.6 Å². The quantitative estimate of drug-likeness (QED) is 0.777. The van der Waals surface area contributed by atoms with Crippen molar-refractivity contribution >= 4 is 40.8 Å². The average Bonchev–Trinajstić information content (AvgIpc) is 2.95. The van der Waals surface area contributed by atoms with E-state index in [1.807, 2.05) is 0 Å². The van der Waals surface area contributed by atoms with E-state index in [2.05, 4.69) is 10.6 Å². The number of nitrogens with one attached hydrogen (secondary N) is 2. The smallest absolute Gasteiger partial charge is 0.339 e. The number of anilines is 2. The minimum atomic E-state index is -1.19. The van der Waals surface area contributed by atoms with Gasteiger partial charge in [-0.15, -0.1) is 0 Å². The Bertz CT molecular complexity index is 910. The lowest BCUT2D eigenvalue weighted by atomic mass is 10.1. The number of ether oxygens (including phenoxy) is 1. The predicted octanol–water partition coefficient (Wildman–Crippen LogP) is 2.79. The summed E-state index contributed by atoms with van der Waals surface area (Å²) < 4.78 is 5.03. The Morgan fingerprint density at radius 1 is 1.28 bits per heavy atom. The molecule has 1 aliphatic rings. The molecule has 0 radical (unpaired) electrons. The van der Waals surface area contributed by atoms with E-state index in [4.69, 9.17) is 21.4 Å². The van der Waals surface area contributed by atoms with E-state index in [0.29, 0.717) is 11.3 Å². The van der Waals surface area contributed by atoms with E-state index in [-0.39, 0.29) is 34.4 Å². The van der Waals surface area contributed by atoms with Gasteiger partial charge in [0.2, 0.25) is 5.91 Å². The first kappa shape index (κ1) is 16.8. The molecule has 3 N–H and O–H groups in total. The first-order chi connectivity index (χ1) is 11.9. The molecule has 2 amide bonds. The lowest BCUT2D eigenvalue weighted by molar-refractivity contribution is -0.115. The van der Waals surface area contributed by atoms with Gasteiger partial charge in [0.05, 0.1) is 24.2 Å². The molecule has 0 aliphatic carbocycles. The van der Waals surface area contributed by atoms with Gasteiger partial charge in [-0.2, -0.15) is 0 Å². The second-order valence-electron chi connectivity index (χ2n) is 5.39. The summed E-state index contributed by atoms with van der Waals surface area (Å²) in [7, 11) is 1.33. The van der Waals surface area contributed by atoms with Crippen molar-refractivity contribution in [3.05, 3.63) is 52.0 Å². The molecule has 2 aromatic carbocycles. The third-order valence-electron chi connectivity index (χ3n) is 3.76. The molecule has 0 unspecified atom stereocenters. The van der Waals surface area contributed by atoms with Gasteiger partial charge in [-0.25, -0.2) is 4.79 Å². The molecule has 25 heavy (non-hydrogen) atoms. The molecule has 0 saturated carbocycles. The number of aromatic carboxylic acids is 1. The van der Waals surface area contributed by atoms with Crippen molar-refractivity contribution in [3.63, 3.8) is 0 Å². The second-order valence-corrected chi connectivity index (χ2v) is 5.80. The number of carbonyl (C=O) groups excluding carboxylic acids is 2. The number of hydrogen-bond donors (Lipinski definition) is 3. The molecular formula is C17H13ClN2O5. The van der Waals surface area contributed by atoms with Crippen LogP contribution in [0.2, 0.25) is 5.02 Å². The predicted molar refractivity (Wildman–Crippen MR) is 91.7 cm³/mol. The SMILES string of the molecule is COc1cc(NC(=O)c2ccc3c(c2)CC(=O)N3)c(Cl)cc1C(=O)O. The Hall–Kier alpha value is -3.06. The van der Waals surface area contributed by atoms with E-state index in [1.54, 1.807) is 18.2 Å². The molecule has 2 aromatic rings. The Kier molecular flexibility index (Phi) is 4.33. The van der Waals surface area contributed by atoms with Crippen LogP contribution in [0.4, 0.5) is 11.4 Å². The molecule has 1 aliphatic heterocycles. The fourth-order valence-electron chi connectivity index (χ4n) is 2.55. The third-order valence-corrected chi connectivity index (χ3v) is 4.07. The van der Waals surface area contributed by atoms with Crippen LogP contribution in [0, 0.1) is 0 Å². The summed E-state index contributed by atoms with van der Waals surface area (Å²) >= 11 is 6.06. The molecule has 0 aromatic heterocycles. The fraction of sp³-hybridized carbons (Fsp3) is 0.118. The van der Waals surface area contributed by atoms with Gasteiger partial charge in [-0.3, -0.25) is 9.59 Å². The van der Waals surface area contributed by atoms with Crippen LogP contribution < -0.4 is 15.4 Å². The first-order valence-corrected chi connectivity index (χ1v) is 7.62. The average molecular weight is 361 g/mol. The highest BCUT2D eigenvalue weighted by Gasteiger charge is 2.20. The molecule has 8 heteroatoms. The number of carbonyl (C=O) groups is 3. The Balaban J connectivity index is 1.87. The Morgan fingerprint density at radius 3 is 2.72 bits per heavy atom. The number of amides is 2. The molecule has 0 atom stereocenters. The molecule has 0 spiro atoms. The number of fused-ring (bicyclic) bond motifs is 1. The van der Waals surface area contributed by atoms with Crippen molar-refractivity contribution in [2.45, 2.75) is 6.42 Å². The molecule has 1 heterocycles. The Labute approximate surface area is 147 Å². The maximum absolute atomic E-state index is 12.4. The number of methoxy groups -OCH3 is 1. The van der Waals surface area contributed by atoms with Crippen LogP contribution in [0.15, 0.2) is 30.3 Å². The zero-order valence-corrected chi connectivity index (χ0v) is 13.8. The fourth-order valence-corrected chi connectivity index (χ4v) is 2.76. The van der Waals surface area contributed by atoms with Crippen molar-refractivity contribution in [3.8, 4) is 5.75 Å². The number of hydrogen-bond acceptors (Lipinski definition) is 4. The number of benzene rings is 2. The van der Waals surface area contributed by atoms with Crippen molar-refractivity contribution in [2.75, 3.05) is 17.7 Å². The third kappa shape index (κ3) is 3.27. The Morgan fingerprint density at radius 2 is 2.04 bits per heavy atom. The van der Waals surface area contributed by atoms with E-state index in [1.165, 1.54) is 19.2 Å². The van der Waals surface area contributed by atoms with Crippen LogP contribution in [0.3, 0.4) is 0 Å². The second kappa shape index (κ2) is 6.45. The highest BCUT2D eigenvalue weighted by Crippen LogP contribution is 2.32. The van der Waals surface area contributed by atoms with E-state index in [9.17, 15) is 14.4 Å². The number of halogens is 1. The largest absolute Gasteiger partial charge is 0.496 e. The molecule has 128 valence electrons. The van der Waals surface area contributed by atoms with Crippen LogP contribution in [0.5, 0.6) is 5.75 Å². The number of carboxylic acids is 1. The molecule has 0 saturated heterocycles. The molecule has 3 rings (SSSR count). The summed E-state index contributed by atoms with van der Waals surface area (Å²) in [5.41, 5.74) is 1.90. The van der Waals surface area contributed by atoms with E-state index < -0.39 is 11.9 Å². The topological polar surface area (TPSA) is 105 Å². The summed E-state index contributed by atoms with van der Waals surface area (Å²) in [6, 6.07) is 7.42. The minimum absolute atomic E-state index is 0.0737. The monoisotopic (exact) mass is 360 g/mol. The van der Waals surface area contributed by atoms with E-state index in [0.717, 1.165) is 5.56 Å². The van der Waals surface area contributed by atoms with Crippen molar-refractivity contribution in [2.24, 2.45) is 0 Å². The number of rotatable bonds is 4. The highest BCUT2D eigenvalue weighted by molar-refractivity contribution is 6.34. The van der Waals surface area contributed by atoms with Gasteiger partial charge < -0.3 is 20.5 Å². The first-order valence-electron chi connectivity index (χ1n) is 7.24. The lowest BCUT2D eigenvalue weighted by Crippen LogP contribution is -2.13. The zero-order chi connectivity index (χ0) is 18.1. The highest BCUT2D eigenvalue weighted by atomic mass is 35.5. The summed E-state index contributed by atoms with van der Waals surface area (Å²) in [6.45, 7) is 0. The zero-order valence-electron chi connectivity index (χ0n) is 13.1. The van der Waals surface area contributed by atoms with Crippen LogP contribution >= 0.6 is 11.6 Å². The van der Waals surface area contributed by atoms with Gasteiger partial charge in [-0.05, 0) is 29.8 Å². The maximum Gasteiger partial charge on any atom is 0.339 e. The van der Waals surface area contributed by atoms with Crippen molar-refractivity contribution < 1.29 is 24.2 Å². The van der Waals surface area contributed by atoms with Gasteiger partial charge in [0.1, 0.15) is 11.3 Å². The van der Waals surface area contributed by atoms with Crippen molar-refractivity contribution in [1.29, 1.82) is 0 Å². The maximum atomic E-state index is 12.4. The molecular weight excluding hydrogens is 348 g/mol. The van der Waals surface area contributed by atoms with Crippen LogP contribution in [-0.4, -0.2) is 30.0 Å². The minimum Gasteiger partial charge on any atom is -0.496 e. The van der Waals surface area contributed by atoms with Gasteiger partial charge in [0, 0.05) is 17.3 Å². The lowest BCUT2D eigenvalue weighted by Gasteiger charge is -2.12. The van der Waals surface area contributed by atoms with Crippen molar-refractivity contribution in [1.82, 2.24) is 0 Å². The summed E-state index contributed by atoms with van der Waals surface area (Å²) in [5.74, 6) is -1.66. The normalized spacial score (nSPS) is 12.3. The van der Waals surface area contributed by atoms with Gasteiger partial charge >= 0.3 is 5.97 Å². The molecule has 0 fully saturated rings. The van der Waals surface area contributed by atoms with Crippen LogP contribution in [0.25, 0.3) is 0 Å². The van der Waals surface area contributed by atoms with E-state index >= 15 is 0 Å².